The highest BCUT2D eigenvalue weighted by atomic mass is 16.6. The van der Waals surface area contributed by atoms with Crippen molar-refractivity contribution in [2.75, 3.05) is 27.6 Å². The molecule has 0 fully saturated rings. The molecule has 0 radical (unpaired) electrons. The van der Waals surface area contributed by atoms with Crippen LogP contribution in [0, 0.1) is 0 Å². The fourth-order valence-electron chi connectivity index (χ4n) is 3.68. The highest BCUT2D eigenvalue weighted by Gasteiger charge is 2.50. The van der Waals surface area contributed by atoms with Gasteiger partial charge in [-0.2, -0.15) is 0 Å². The Bertz CT molecular complexity index is 984. The molecule has 0 saturated heterocycles. The van der Waals surface area contributed by atoms with E-state index in [2.05, 4.69) is 0 Å². The average molecular weight is 488 g/mol. The molecule has 0 aliphatic heterocycles. The number of rotatable bonds is 10. The molecule has 1 amide bonds. The van der Waals surface area contributed by atoms with Crippen LogP contribution in [0.3, 0.4) is 0 Å². The van der Waals surface area contributed by atoms with Crippen LogP contribution in [0.4, 0.5) is 4.79 Å². The van der Waals surface area contributed by atoms with Gasteiger partial charge in [0.2, 0.25) is 0 Å². The predicted molar refractivity (Wildman–Crippen MR) is 133 cm³/mol. The minimum atomic E-state index is -1.47. The average Bonchev–Trinajstić information content (AvgIpc) is 2.81. The number of ether oxygens (including phenoxy) is 4. The zero-order valence-corrected chi connectivity index (χ0v) is 21.7. The molecule has 1 unspecified atom stereocenters. The third-order valence-corrected chi connectivity index (χ3v) is 5.90. The molecule has 8 nitrogen and oxygen atoms in total. The second-order valence-corrected chi connectivity index (χ2v) is 9.48. The van der Waals surface area contributed by atoms with Crippen molar-refractivity contribution < 1.29 is 33.6 Å². The number of esters is 1. The Balaban J connectivity index is 2.40. The first-order valence-electron chi connectivity index (χ1n) is 11.5. The summed E-state index contributed by atoms with van der Waals surface area (Å²) in [6.07, 6.45) is -0.373. The Morgan fingerprint density at radius 3 is 2.17 bits per heavy atom. The van der Waals surface area contributed by atoms with E-state index in [4.69, 9.17) is 18.9 Å². The van der Waals surface area contributed by atoms with E-state index in [0.29, 0.717) is 17.7 Å². The molecule has 2 aromatic rings. The number of benzene rings is 2. The van der Waals surface area contributed by atoms with Gasteiger partial charge in [-0.1, -0.05) is 37.3 Å². The lowest BCUT2D eigenvalue weighted by Gasteiger charge is -2.43. The van der Waals surface area contributed by atoms with Gasteiger partial charge in [0, 0.05) is 19.4 Å². The van der Waals surface area contributed by atoms with Crippen LogP contribution in [-0.4, -0.2) is 60.8 Å². The first-order chi connectivity index (χ1) is 16.4. The summed E-state index contributed by atoms with van der Waals surface area (Å²) in [5, 5.41) is 10.0. The Morgan fingerprint density at radius 1 is 1.00 bits per heavy atom. The van der Waals surface area contributed by atoms with Crippen LogP contribution in [0.15, 0.2) is 48.5 Å². The van der Waals surface area contributed by atoms with Gasteiger partial charge in [-0.05, 0) is 57.0 Å². The van der Waals surface area contributed by atoms with E-state index in [1.165, 1.54) is 12.0 Å². The number of phenols is 1. The number of methoxy groups -OCH3 is 2. The summed E-state index contributed by atoms with van der Waals surface area (Å²) >= 11 is 0. The highest BCUT2D eigenvalue weighted by molar-refractivity contribution is 5.87. The van der Waals surface area contributed by atoms with E-state index in [9.17, 15) is 14.7 Å². The van der Waals surface area contributed by atoms with Crippen LogP contribution in [0.25, 0.3) is 0 Å². The van der Waals surface area contributed by atoms with Gasteiger partial charge in [-0.3, -0.25) is 4.90 Å². The van der Waals surface area contributed by atoms with Crippen LogP contribution in [-0.2, 0) is 25.4 Å². The number of amides is 1. The first-order valence-corrected chi connectivity index (χ1v) is 11.5. The van der Waals surface area contributed by atoms with E-state index >= 15 is 0 Å². The topological polar surface area (TPSA) is 94.5 Å². The summed E-state index contributed by atoms with van der Waals surface area (Å²) in [7, 11) is 3.02. The maximum absolute atomic E-state index is 13.6. The van der Waals surface area contributed by atoms with Gasteiger partial charge in [0.05, 0.1) is 13.7 Å². The fourth-order valence-corrected chi connectivity index (χ4v) is 3.68. The third kappa shape index (κ3) is 7.11. The van der Waals surface area contributed by atoms with Crippen molar-refractivity contribution in [3.8, 4) is 11.5 Å². The van der Waals surface area contributed by atoms with Crippen LogP contribution < -0.4 is 4.74 Å². The Morgan fingerprint density at radius 2 is 1.63 bits per heavy atom. The van der Waals surface area contributed by atoms with Crippen LogP contribution in [0.1, 0.15) is 51.7 Å². The van der Waals surface area contributed by atoms with Crippen molar-refractivity contribution in [3.05, 3.63) is 59.7 Å². The van der Waals surface area contributed by atoms with Gasteiger partial charge in [0.15, 0.2) is 0 Å². The van der Waals surface area contributed by atoms with E-state index in [1.54, 1.807) is 71.2 Å². The molecule has 0 spiro atoms. The summed E-state index contributed by atoms with van der Waals surface area (Å²) in [6.45, 7) is 8.60. The van der Waals surface area contributed by atoms with E-state index < -0.39 is 29.1 Å². The van der Waals surface area contributed by atoms with Crippen LogP contribution in [0.5, 0.6) is 11.5 Å². The SMILES string of the molecule is COCN(C(=O)OC(C)(C)C)[C@](C)(C(=O)OCCc1ccccc1O)C(C)c1ccc(OC)cc1. The Labute approximate surface area is 207 Å². The van der Waals surface area contributed by atoms with Gasteiger partial charge >= 0.3 is 12.1 Å². The number of hydrogen-bond acceptors (Lipinski definition) is 7. The fraction of sp³-hybridized carbons (Fsp3) is 0.481. The molecule has 2 rings (SSSR count). The molecule has 0 aliphatic rings. The van der Waals surface area contributed by atoms with Gasteiger partial charge in [0.25, 0.3) is 0 Å². The Kier molecular flexibility index (Phi) is 9.54. The van der Waals surface area contributed by atoms with Crippen LogP contribution >= 0.6 is 0 Å². The number of carbonyl (C=O) groups is 2. The van der Waals surface area contributed by atoms with Crippen molar-refractivity contribution in [2.24, 2.45) is 0 Å². The van der Waals surface area contributed by atoms with Gasteiger partial charge in [-0.15, -0.1) is 0 Å². The molecule has 8 heteroatoms. The lowest BCUT2D eigenvalue weighted by atomic mass is 9.80. The molecular weight excluding hydrogens is 450 g/mol. The number of phenolic OH excluding ortho intramolecular Hbond substituents is 1. The van der Waals surface area contributed by atoms with Crippen molar-refractivity contribution in [1.82, 2.24) is 4.90 Å². The van der Waals surface area contributed by atoms with Gasteiger partial charge in [0.1, 0.15) is 29.4 Å². The Hall–Kier alpha value is -3.26. The zero-order chi connectivity index (χ0) is 26.2. The van der Waals surface area contributed by atoms with E-state index in [-0.39, 0.29) is 19.1 Å². The minimum absolute atomic E-state index is 0.0243. The molecule has 0 aromatic heterocycles. The molecule has 192 valence electrons. The molecule has 0 heterocycles. The van der Waals surface area contributed by atoms with Crippen molar-refractivity contribution in [1.29, 1.82) is 0 Å². The second-order valence-electron chi connectivity index (χ2n) is 9.48. The molecule has 0 bridgehead atoms. The molecule has 0 aliphatic carbocycles. The molecule has 2 atom stereocenters. The van der Waals surface area contributed by atoms with Crippen molar-refractivity contribution >= 4 is 12.1 Å². The molecular formula is C27H37NO7. The number of nitrogens with zero attached hydrogens (tertiary/aromatic N) is 1. The zero-order valence-electron chi connectivity index (χ0n) is 21.7. The van der Waals surface area contributed by atoms with Crippen molar-refractivity contribution in [2.45, 2.75) is 58.1 Å². The molecule has 2 aromatic carbocycles. The third-order valence-electron chi connectivity index (χ3n) is 5.90. The minimum Gasteiger partial charge on any atom is -0.508 e. The number of para-hydroxylation sites is 1. The quantitative estimate of drug-likeness (QED) is 0.377. The van der Waals surface area contributed by atoms with Crippen molar-refractivity contribution in [3.63, 3.8) is 0 Å². The van der Waals surface area contributed by atoms with E-state index in [0.717, 1.165) is 5.56 Å². The highest BCUT2D eigenvalue weighted by Crippen LogP contribution is 2.36. The normalized spacial score (nSPS) is 13.9. The maximum atomic E-state index is 13.6. The van der Waals surface area contributed by atoms with Crippen LogP contribution in [0.2, 0.25) is 0 Å². The molecule has 0 saturated carbocycles. The smallest absolute Gasteiger partial charge is 0.413 e. The number of hydrogen-bond donors (Lipinski definition) is 1. The summed E-state index contributed by atoms with van der Waals surface area (Å²) in [4.78, 5) is 28.1. The molecule has 1 N–H and O–H groups in total. The summed E-state index contributed by atoms with van der Waals surface area (Å²) in [5.41, 5.74) is -0.782. The molecule has 35 heavy (non-hydrogen) atoms. The summed E-state index contributed by atoms with van der Waals surface area (Å²) in [5.74, 6) is -0.297. The largest absolute Gasteiger partial charge is 0.508 e. The summed E-state index contributed by atoms with van der Waals surface area (Å²) in [6, 6.07) is 14.1. The van der Waals surface area contributed by atoms with Gasteiger partial charge in [-0.25, -0.2) is 9.59 Å². The monoisotopic (exact) mass is 487 g/mol. The standard InChI is InChI=1S/C27H37NO7/c1-19(20-12-14-22(33-7)15-13-20)27(5,28(18-32-6)25(31)35-26(2,3)4)24(30)34-17-16-21-10-8-9-11-23(21)29/h8-15,19,29H,16-18H2,1-7H3/t19?,27-/m0/s1. The lowest BCUT2D eigenvalue weighted by Crippen LogP contribution is -2.60. The van der Waals surface area contributed by atoms with E-state index in [1.807, 2.05) is 19.1 Å². The lowest BCUT2D eigenvalue weighted by molar-refractivity contribution is -0.162. The summed E-state index contributed by atoms with van der Waals surface area (Å²) < 4.78 is 21.9. The second kappa shape index (κ2) is 11.9. The first kappa shape index (κ1) is 28.0. The van der Waals surface area contributed by atoms with Gasteiger partial charge < -0.3 is 24.1 Å². The number of carbonyl (C=O) groups excluding carboxylic acids is 2. The maximum Gasteiger partial charge on any atom is 0.413 e. The predicted octanol–water partition coefficient (Wildman–Crippen LogP) is 4.89. The number of aromatic hydroxyl groups is 1.